The summed E-state index contributed by atoms with van der Waals surface area (Å²) in [5, 5.41) is 5.11. The van der Waals surface area contributed by atoms with Crippen molar-refractivity contribution in [3.05, 3.63) is 156 Å². The van der Waals surface area contributed by atoms with E-state index < -0.39 is 0 Å². The molecule has 2 heteroatoms. The summed E-state index contributed by atoms with van der Waals surface area (Å²) in [7, 11) is 0. The quantitative estimate of drug-likeness (QED) is 0.222. The number of rotatable bonds is 4. The lowest BCUT2D eigenvalue weighted by Crippen LogP contribution is -2.01. The summed E-state index contributed by atoms with van der Waals surface area (Å²) in [6, 6.07) is 51.0. The highest BCUT2D eigenvalue weighted by Crippen LogP contribution is 2.36. The molecule has 0 N–H and O–H groups in total. The second-order valence-electron chi connectivity index (χ2n) is 10.8. The number of nitrogens with zero attached hydrogens (tertiary/aromatic N) is 2. The normalized spacial score (nSPS) is 11.7. The predicted octanol–water partition coefficient (Wildman–Crippen LogP) is 9.78. The van der Waals surface area contributed by atoms with Crippen LogP contribution in [0.25, 0.3) is 55.0 Å². The highest BCUT2D eigenvalue weighted by Gasteiger charge is 2.16. The van der Waals surface area contributed by atoms with Crippen molar-refractivity contribution in [1.29, 1.82) is 0 Å². The molecule has 40 heavy (non-hydrogen) atoms. The number of hydrogen-bond donors (Lipinski definition) is 0. The van der Waals surface area contributed by atoms with Crippen LogP contribution < -0.4 is 0 Å². The number of aryl methyl sites for hydroxylation is 1. The molecule has 2 heterocycles. The van der Waals surface area contributed by atoms with Gasteiger partial charge >= 0.3 is 0 Å². The van der Waals surface area contributed by atoms with E-state index in [1.165, 1.54) is 71.7 Å². The minimum absolute atomic E-state index is 0.870. The van der Waals surface area contributed by atoms with Crippen molar-refractivity contribution < 1.29 is 0 Å². The molecule has 0 atom stereocenters. The van der Waals surface area contributed by atoms with Crippen LogP contribution in [0.3, 0.4) is 0 Å². The molecular formula is C38H28N2. The van der Waals surface area contributed by atoms with Gasteiger partial charge in [-0.05, 0) is 66.9 Å². The van der Waals surface area contributed by atoms with Crippen molar-refractivity contribution in [2.45, 2.75) is 13.3 Å². The summed E-state index contributed by atoms with van der Waals surface area (Å²) >= 11 is 0. The number of benzene rings is 6. The number of aromatic nitrogens is 2. The van der Waals surface area contributed by atoms with E-state index in [0.29, 0.717) is 0 Å². The van der Waals surface area contributed by atoms with Gasteiger partial charge in [-0.3, -0.25) is 0 Å². The molecule has 8 rings (SSSR count). The lowest BCUT2D eigenvalue weighted by atomic mass is 10.0. The molecule has 0 aliphatic rings. The van der Waals surface area contributed by atoms with E-state index in [1.54, 1.807) is 0 Å². The molecule has 0 unspecified atom stereocenters. The van der Waals surface area contributed by atoms with Crippen LogP contribution in [0, 0.1) is 6.92 Å². The SMILES string of the molecule is Cc1ccc(Cc2cc(-n3c4ccccc4c4ccccc43)cc(-n3c4ccccc4c4ccccc43)c2)cc1. The Morgan fingerprint density at radius 2 is 0.775 bits per heavy atom. The summed E-state index contributed by atoms with van der Waals surface area (Å²) in [5.41, 5.74) is 11.2. The molecule has 2 nitrogen and oxygen atoms in total. The average Bonchev–Trinajstić information content (AvgIpc) is 3.51. The Bertz CT molecular complexity index is 1950. The number of hydrogen-bond acceptors (Lipinski definition) is 0. The van der Waals surface area contributed by atoms with Gasteiger partial charge in [0.25, 0.3) is 0 Å². The minimum Gasteiger partial charge on any atom is -0.309 e. The minimum atomic E-state index is 0.870. The summed E-state index contributed by atoms with van der Waals surface area (Å²) in [4.78, 5) is 0. The molecule has 0 saturated carbocycles. The first-order valence-electron chi connectivity index (χ1n) is 13.9. The molecule has 0 saturated heterocycles. The van der Waals surface area contributed by atoms with Gasteiger partial charge in [-0.25, -0.2) is 0 Å². The van der Waals surface area contributed by atoms with Crippen LogP contribution in [0.15, 0.2) is 140 Å². The summed E-state index contributed by atoms with van der Waals surface area (Å²) < 4.78 is 4.86. The molecule has 0 aliphatic heterocycles. The lowest BCUT2D eigenvalue weighted by molar-refractivity contribution is 1.09. The van der Waals surface area contributed by atoms with Gasteiger partial charge in [-0.2, -0.15) is 0 Å². The Kier molecular flexibility index (Phi) is 5.14. The van der Waals surface area contributed by atoms with Crippen LogP contribution in [0.2, 0.25) is 0 Å². The first-order valence-corrected chi connectivity index (χ1v) is 13.9. The molecule has 0 fully saturated rings. The number of para-hydroxylation sites is 4. The second kappa shape index (κ2) is 9.00. The van der Waals surface area contributed by atoms with Crippen molar-refractivity contribution in [2.24, 2.45) is 0 Å². The first kappa shape index (κ1) is 22.9. The fourth-order valence-electron chi connectivity index (χ4n) is 6.36. The Labute approximate surface area is 233 Å². The maximum absolute atomic E-state index is 2.43. The molecule has 6 aromatic carbocycles. The van der Waals surface area contributed by atoms with Gasteiger partial charge in [-0.1, -0.05) is 103 Å². The van der Waals surface area contributed by atoms with E-state index in [9.17, 15) is 0 Å². The highest BCUT2D eigenvalue weighted by molar-refractivity contribution is 6.10. The number of fused-ring (bicyclic) bond motifs is 6. The molecule has 2 aromatic heterocycles. The average molecular weight is 513 g/mol. The van der Waals surface area contributed by atoms with Gasteiger partial charge in [-0.15, -0.1) is 0 Å². The Morgan fingerprint density at radius 1 is 0.400 bits per heavy atom. The molecule has 8 aromatic rings. The Hall–Kier alpha value is -5.08. The zero-order valence-electron chi connectivity index (χ0n) is 22.4. The van der Waals surface area contributed by atoms with E-state index in [4.69, 9.17) is 0 Å². The third kappa shape index (κ3) is 3.57. The van der Waals surface area contributed by atoms with Gasteiger partial charge < -0.3 is 9.13 Å². The van der Waals surface area contributed by atoms with E-state index in [2.05, 4.69) is 156 Å². The maximum atomic E-state index is 2.43. The lowest BCUT2D eigenvalue weighted by Gasteiger charge is -2.16. The van der Waals surface area contributed by atoms with Gasteiger partial charge in [0.05, 0.1) is 22.1 Å². The van der Waals surface area contributed by atoms with Crippen LogP contribution >= 0.6 is 0 Å². The third-order valence-corrected chi connectivity index (χ3v) is 8.17. The Morgan fingerprint density at radius 3 is 1.18 bits per heavy atom. The largest absolute Gasteiger partial charge is 0.309 e. The van der Waals surface area contributed by atoms with Gasteiger partial charge in [0, 0.05) is 32.9 Å². The van der Waals surface area contributed by atoms with Crippen LogP contribution in [0.5, 0.6) is 0 Å². The maximum Gasteiger partial charge on any atom is 0.0541 e. The van der Waals surface area contributed by atoms with Crippen LogP contribution in [-0.4, -0.2) is 9.13 Å². The predicted molar refractivity (Wildman–Crippen MR) is 169 cm³/mol. The third-order valence-electron chi connectivity index (χ3n) is 8.17. The van der Waals surface area contributed by atoms with Crippen molar-refractivity contribution in [3.63, 3.8) is 0 Å². The summed E-state index contributed by atoms with van der Waals surface area (Å²) in [6.45, 7) is 2.15. The fraction of sp³-hybridized carbons (Fsp3) is 0.0526. The molecule has 0 radical (unpaired) electrons. The zero-order valence-corrected chi connectivity index (χ0v) is 22.4. The van der Waals surface area contributed by atoms with Crippen molar-refractivity contribution >= 4 is 43.6 Å². The molecular weight excluding hydrogens is 484 g/mol. The monoisotopic (exact) mass is 512 g/mol. The van der Waals surface area contributed by atoms with E-state index >= 15 is 0 Å². The van der Waals surface area contributed by atoms with Crippen LogP contribution in [-0.2, 0) is 6.42 Å². The summed E-state index contributed by atoms with van der Waals surface area (Å²) in [6.07, 6.45) is 0.870. The van der Waals surface area contributed by atoms with E-state index in [0.717, 1.165) is 6.42 Å². The van der Waals surface area contributed by atoms with Crippen molar-refractivity contribution in [1.82, 2.24) is 9.13 Å². The van der Waals surface area contributed by atoms with Crippen molar-refractivity contribution in [2.75, 3.05) is 0 Å². The smallest absolute Gasteiger partial charge is 0.0541 e. The fourth-order valence-corrected chi connectivity index (χ4v) is 6.36. The molecule has 190 valence electrons. The topological polar surface area (TPSA) is 9.86 Å². The zero-order chi connectivity index (χ0) is 26.6. The molecule has 0 amide bonds. The van der Waals surface area contributed by atoms with Gasteiger partial charge in [0.2, 0.25) is 0 Å². The van der Waals surface area contributed by atoms with Gasteiger partial charge in [0.1, 0.15) is 0 Å². The molecule has 0 spiro atoms. The highest BCUT2D eigenvalue weighted by atomic mass is 15.0. The molecule has 0 aliphatic carbocycles. The van der Waals surface area contributed by atoms with Crippen molar-refractivity contribution in [3.8, 4) is 11.4 Å². The van der Waals surface area contributed by atoms with E-state index in [1.807, 2.05) is 0 Å². The first-order chi connectivity index (χ1) is 19.7. The van der Waals surface area contributed by atoms with Gasteiger partial charge in [0.15, 0.2) is 0 Å². The Balaban J connectivity index is 1.44. The standard InChI is InChI=1S/C38H28N2/c1-26-18-20-27(21-19-26)22-28-23-29(39-35-14-6-2-10-31(35)32-11-3-7-15-36(32)39)25-30(24-28)40-37-16-8-4-12-33(37)34-13-5-9-17-38(34)40/h2-21,23-25H,22H2,1H3. The second-order valence-corrected chi connectivity index (χ2v) is 10.8. The molecule has 0 bridgehead atoms. The van der Waals surface area contributed by atoms with Crippen LogP contribution in [0.1, 0.15) is 16.7 Å². The van der Waals surface area contributed by atoms with E-state index in [-0.39, 0.29) is 0 Å². The van der Waals surface area contributed by atoms with Crippen LogP contribution in [0.4, 0.5) is 0 Å². The summed E-state index contributed by atoms with van der Waals surface area (Å²) in [5.74, 6) is 0.